The number of likely N-dealkylation sites (tertiary alicyclic amines) is 1. The van der Waals surface area contributed by atoms with E-state index >= 15 is 0 Å². The fourth-order valence-corrected chi connectivity index (χ4v) is 2.36. The molecule has 18 heavy (non-hydrogen) atoms. The molecule has 0 radical (unpaired) electrons. The molecule has 1 amide bonds. The number of piperidine rings is 1. The second-order valence-corrected chi connectivity index (χ2v) is 4.95. The van der Waals surface area contributed by atoms with Crippen molar-refractivity contribution in [3.8, 4) is 0 Å². The van der Waals surface area contributed by atoms with Crippen molar-refractivity contribution in [3.63, 3.8) is 0 Å². The molecule has 98 valence electrons. The summed E-state index contributed by atoms with van der Waals surface area (Å²) >= 11 is 0. The lowest BCUT2D eigenvalue weighted by Crippen LogP contribution is -2.41. The number of hydrogen-bond acceptors (Lipinski definition) is 2. The van der Waals surface area contributed by atoms with Gasteiger partial charge in [-0.1, -0.05) is 30.3 Å². The summed E-state index contributed by atoms with van der Waals surface area (Å²) < 4.78 is 0. The average Bonchev–Trinajstić information content (AvgIpc) is 2.46. The maximum Gasteiger partial charge on any atom is 0.236 e. The zero-order valence-electron chi connectivity index (χ0n) is 11.1. The van der Waals surface area contributed by atoms with Gasteiger partial charge < -0.3 is 10.2 Å². The van der Waals surface area contributed by atoms with Crippen molar-refractivity contribution in [1.82, 2.24) is 10.2 Å². The highest BCUT2D eigenvalue weighted by molar-refractivity contribution is 5.78. The minimum atomic E-state index is 0.222. The first-order valence-corrected chi connectivity index (χ1v) is 6.83. The van der Waals surface area contributed by atoms with Crippen molar-refractivity contribution < 1.29 is 4.79 Å². The third-order valence-electron chi connectivity index (χ3n) is 3.57. The van der Waals surface area contributed by atoms with Gasteiger partial charge in [-0.25, -0.2) is 0 Å². The Morgan fingerprint density at radius 1 is 1.22 bits per heavy atom. The van der Waals surface area contributed by atoms with Gasteiger partial charge in [0.1, 0.15) is 0 Å². The topological polar surface area (TPSA) is 32.3 Å². The van der Waals surface area contributed by atoms with Crippen molar-refractivity contribution in [2.75, 3.05) is 19.6 Å². The molecule has 1 heterocycles. The molecule has 2 rings (SSSR count). The Kier molecular flexibility index (Phi) is 4.76. The molecule has 1 aliphatic heterocycles. The van der Waals surface area contributed by atoms with E-state index in [1.807, 2.05) is 23.1 Å². The molecule has 0 aliphatic carbocycles. The van der Waals surface area contributed by atoms with Crippen molar-refractivity contribution in [3.05, 3.63) is 35.9 Å². The fraction of sp³-hybridized carbons (Fsp3) is 0.533. The van der Waals surface area contributed by atoms with Crippen LogP contribution in [-0.4, -0.2) is 30.4 Å². The molecule has 1 saturated heterocycles. The van der Waals surface area contributed by atoms with Gasteiger partial charge in [0.15, 0.2) is 0 Å². The van der Waals surface area contributed by atoms with E-state index in [4.69, 9.17) is 0 Å². The Morgan fingerprint density at radius 3 is 2.56 bits per heavy atom. The Labute approximate surface area is 109 Å². The second-order valence-electron chi connectivity index (χ2n) is 4.95. The first-order chi connectivity index (χ1) is 8.77. The number of nitrogens with zero attached hydrogens (tertiary/aromatic N) is 1. The molecule has 1 aliphatic rings. The van der Waals surface area contributed by atoms with Gasteiger partial charge in [-0.2, -0.15) is 0 Å². The summed E-state index contributed by atoms with van der Waals surface area (Å²) in [6.45, 7) is 4.40. The lowest BCUT2D eigenvalue weighted by molar-refractivity contribution is -0.131. The SMILES string of the molecule is C[C@@H](NCC(=O)N1CCCCC1)c1ccccc1. The summed E-state index contributed by atoms with van der Waals surface area (Å²) in [5, 5.41) is 3.30. The summed E-state index contributed by atoms with van der Waals surface area (Å²) in [7, 11) is 0. The number of carbonyl (C=O) groups excluding carboxylic acids is 1. The summed E-state index contributed by atoms with van der Waals surface area (Å²) in [5.74, 6) is 0.234. The minimum Gasteiger partial charge on any atom is -0.342 e. The molecular weight excluding hydrogens is 224 g/mol. The van der Waals surface area contributed by atoms with Crippen molar-refractivity contribution in [2.24, 2.45) is 0 Å². The van der Waals surface area contributed by atoms with E-state index in [-0.39, 0.29) is 11.9 Å². The third kappa shape index (κ3) is 3.57. The predicted molar refractivity (Wildman–Crippen MR) is 73.3 cm³/mol. The Balaban J connectivity index is 1.78. The highest BCUT2D eigenvalue weighted by Gasteiger charge is 2.16. The summed E-state index contributed by atoms with van der Waals surface area (Å²) in [6.07, 6.45) is 3.57. The van der Waals surface area contributed by atoms with Crippen molar-refractivity contribution >= 4 is 5.91 Å². The van der Waals surface area contributed by atoms with Gasteiger partial charge in [0, 0.05) is 19.1 Å². The Morgan fingerprint density at radius 2 is 1.89 bits per heavy atom. The zero-order chi connectivity index (χ0) is 12.8. The summed E-state index contributed by atoms with van der Waals surface area (Å²) in [6, 6.07) is 10.5. The molecule has 1 N–H and O–H groups in total. The molecule has 1 aromatic carbocycles. The van der Waals surface area contributed by atoms with Gasteiger partial charge in [-0.3, -0.25) is 4.79 Å². The number of nitrogens with one attached hydrogen (secondary N) is 1. The Bertz CT molecular complexity index is 371. The van der Waals surface area contributed by atoms with Crippen LogP contribution in [0.15, 0.2) is 30.3 Å². The van der Waals surface area contributed by atoms with Crippen molar-refractivity contribution in [2.45, 2.75) is 32.2 Å². The predicted octanol–water partition coefficient (Wildman–Crippen LogP) is 2.35. The van der Waals surface area contributed by atoms with Gasteiger partial charge in [-0.05, 0) is 31.7 Å². The van der Waals surface area contributed by atoms with E-state index in [1.165, 1.54) is 12.0 Å². The number of benzene rings is 1. The van der Waals surface area contributed by atoms with Crippen LogP contribution < -0.4 is 5.32 Å². The van der Waals surface area contributed by atoms with Crippen molar-refractivity contribution in [1.29, 1.82) is 0 Å². The standard InChI is InChI=1S/C15H22N2O/c1-13(14-8-4-2-5-9-14)16-12-15(18)17-10-6-3-7-11-17/h2,4-5,8-9,13,16H,3,6-7,10-12H2,1H3/t13-/m1/s1. The van der Waals surface area contributed by atoms with Crippen LogP contribution in [0, 0.1) is 0 Å². The molecule has 3 nitrogen and oxygen atoms in total. The third-order valence-corrected chi connectivity index (χ3v) is 3.57. The lowest BCUT2D eigenvalue weighted by atomic mass is 10.1. The summed E-state index contributed by atoms with van der Waals surface area (Å²) in [4.78, 5) is 14.0. The number of hydrogen-bond donors (Lipinski definition) is 1. The van der Waals surface area contributed by atoms with E-state index in [0.717, 1.165) is 25.9 Å². The average molecular weight is 246 g/mol. The monoisotopic (exact) mass is 246 g/mol. The van der Waals surface area contributed by atoms with Gasteiger partial charge in [-0.15, -0.1) is 0 Å². The zero-order valence-corrected chi connectivity index (χ0v) is 11.1. The van der Waals surface area contributed by atoms with E-state index in [9.17, 15) is 4.79 Å². The maximum atomic E-state index is 12.0. The van der Waals surface area contributed by atoms with E-state index in [2.05, 4.69) is 24.4 Å². The van der Waals surface area contributed by atoms with E-state index in [1.54, 1.807) is 0 Å². The summed E-state index contributed by atoms with van der Waals surface area (Å²) in [5.41, 5.74) is 1.23. The largest absolute Gasteiger partial charge is 0.342 e. The Hall–Kier alpha value is -1.35. The lowest BCUT2D eigenvalue weighted by Gasteiger charge is -2.27. The highest BCUT2D eigenvalue weighted by atomic mass is 16.2. The van der Waals surface area contributed by atoms with Crippen LogP contribution in [0.4, 0.5) is 0 Å². The van der Waals surface area contributed by atoms with E-state index < -0.39 is 0 Å². The number of carbonyl (C=O) groups is 1. The molecule has 0 saturated carbocycles. The molecule has 1 atom stereocenters. The van der Waals surface area contributed by atoms with Crippen LogP contribution in [0.3, 0.4) is 0 Å². The van der Waals surface area contributed by atoms with Crippen LogP contribution in [0.25, 0.3) is 0 Å². The second kappa shape index (κ2) is 6.55. The molecule has 1 aromatic rings. The molecular formula is C15H22N2O. The molecule has 3 heteroatoms. The van der Waals surface area contributed by atoms with Crippen LogP contribution >= 0.6 is 0 Å². The normalized spacial score (nSPS) is 17.5. The fourth-order valence-electron chi connectivity index (χ4n) is 2.36. The van der Waals surface area contributed by atoms with Gasteiger partial charge in [0.25, 0.3) is 0 Å². The molecule has 0 bridgehead atoms. The maximum absolute atomic E-state index is 12.0. The molecule has 1 fully saturated rings. The number of rotatable bonds is 4. The number of amides is 1. The van der Waals surface area contributed by atoms with Gasteiger partial charge >= 0.3 is 0 Å². The van der Waals surface area contributed by atoms with Gasteiger partial charge in [0.2, 0.25) is 5.91 Å². The highest BCUT2D eigenvalue weighted by Crippen LogP contribution is 2.12. The van der Waals surface area contributed by atoms with Crippen LogP contribution in [0.2, 0.25) is 0 Å². The van der Waals surface area contributed by atoms with Crippen LogP contribution in [0.5, 0.6) is 0 Å². The first-order valence-electron chi connectivity index (χ1n) is 6.83. The molecule has 0 spiro atoms. The van der Waals surface area contributed by atoms with Gasteiger partial charge in [0.05, 0.1) is 6.54 Å². The molecule has 0 aromatic heterocycles. The quantitative estimate of drug-likeness (QED) is 0.884. The van der Waals surface area contributed by atoms with Crippen LogP contribution in [-0.2, 0) is 4.79 Å². The van der Waals surface area contributed by atoms with E-state index in [0.29, 0.717) is 6.54 Å². The smallest absolute Gasteiger partial charge is 0.236 e. The molecule has 0 unspecified atom stereocenters. The van der Waals surface area contributed by atoms with Crippen LogP contribution in [0.1, 0.15) is 37.8 Å². The first kappa shape index (κ1) is 13.1. The minimum absolute atomic E-state index is 0.222.